The van der Waals surface area contributed by atoms with Gasteiger partial charge >= 0.3 is 0 Å². The lowest BCUT2D eigenvalue weighted by Gasteiger charge is -2.01. The van der Waals surface area contributed by atoms with Gasteiger partial charge in [-0.2, -0.15) is 0 Å². The highest BCUT2D eigenvalue weighted by Gasteiger charge is 2.11. The Morgan fingerprint density at radius 1 is 1.21 bits per heavy atom. The number of carbonyl (C=O) groups is 2. The number of ketones is 1. The van der Waals surface area contributed by atoms with E-state index in [1.54, 1.807) is 0 Å². The van der Waals surface area contributed by atoms with Gasteiger partial charge in [-0.1, -0.05) is 49.9 Å². The molecular formula is C18H22N2O2S2. The number of thiazole rings is 1. The monoisotopic (exact) mass is 362 g/mol. The smallest absolute Gasteiger partial charge is 0.226 e. The fourth-order valence-corrected chi connectivity index (χ4v) is 3.80. The molecule has 0 aliphatic carbocycles. The quantitative estimate of drug-likeness (QED) is 0.545. The van der Waals surface area contributed by atoms with E-state index in [4.69, 9.17) is 0 Å². The molecule has 0 radical (unpaired) electrons. The Labute approximate surface area is 151 Å². The highest BCUT2D eigenvalue weighted by molar-refractivity contribution is 8.01. The number of hydrogen-bond acceptors (Lipinski definition) is 5. The van der Waals surface area contributed by atoms with Crippen molar-refractivity contribution < 1.29 is 9.59 Å². The van der Waals surface area contributed by atoms with E-state index in [2.05, 4.69) is 17.2 Å². The van der Waals surface area contributed by atoms with Crippen LogP contribution in [-0.2, 0) is 17.6 Å². The maximum absolute atomic E-state index is 12.2. The average molecular weight is 363 g/mol. The van der Waals surface area contributed by atoms with Crippen molar-refractivity contribution in [3.8, 4) is 0 Å². The highest BCUT2D eigenvalue weighted by atomic mass is 32.2. The first-order valence-electron chi connectivity index (χ1n) is 8.08. The number of amides is 1. The molecule has 0 fully saturated rings. The molecule has 0 unspecified atom stereocenters. The zero-order chi connectivity index (χ0) is 17.4. The summed E-state index contributed by atoms with van der Waals surface area (Å²) in [6, 6.07) is 7.75. The fourth-order valence-electron chi connectivity index (χ4n) is 2.06. The van der Waals surface area contributed by atoms with Crippen LogP contribution < -0.4 is 5.32 Å². The molecule has 2 rings (SSSR count). The molecule has 6 heteroatoms. The Hall–Kier alpha value is -1.66. The number of aromatic nitrogens is 1. The Morgan fingerprint density at radius 3 is 2.62 bits per heavy atom. The first-order valence-corrected chi connectivity index (χ1v) is 9.95. The number of carbonyl (C=O) groups excluding carboxylic acids is 2. The molecule has 0 aliphatic rings. The average Bonchev–Trinajstić information content (AvgIpc) is 3.05. The molecule has 0 aliphatic heterocycles. The minimum absolute atomic E-state index is 0.00853. The zero-order valence-corrected chi connectivity index (χ0v) is 15.6. The van der Waals surface area contributed by atoms with Crippen molar-refractivity contribution in [3.05, 3.63) is 46.5 Å². The standard InChI is InChI=1S/C18H22N2O2S2/c1-3-9-19-17(22)10-15-11-23-18(20-15)24-12-16(21)14-7-5-13(4-2)6-8-14/h5-8,11H,3-4,9-10,12H2,1-2H3,(H,19,22). The number of benzene rings is 1. The summed E-state index contributed by atoms with van der Waals surface area (Å²) in [7, 11) is 0. The van der Waals surface area contributed by atoms with Gasteiger partial charge in [0, 0.05) is 17.5 Å². The SMILES string of the molecule is CCCNC(=O)Cc1csc(SCC(=O)c2ccc(CC)cc2)n1. The van der Waals surface area contributed by atoms with Crippen LogP contribution >= 0.6 is 23.1 Å². The summed E-state index contributed by atoms with van der Waals surface area (Å²) >= 11 is 2.90. The predicted octanol–water partition coefficient (Wildman–Crippen LogP) is 3.75. The molecule has 1 heterocycles. The molecular weight excluding hydrogens is 340 g/mol. The zero-order valence-electron chi connectivity index (χ0n) is 14.0. The second kappa shape index (κ2) is 9.59. The van der Waals surface area contributed by atoms with Gasteiger partial charge in [0.05, 0.1) is 17.9 Å². The van der Waals surface area contributed by atoms with E-state index in [0.717, 1.165) is 28.4 Å². The maximum Gasteiger partial charge on any atom is 0.226 e. The molecule has 1 aromatic carbocycles. The van der Waals surface area contributed by atoms with Gasteiger partial charge in [-0.05, 0) is 18.4 Å². The summed E-state index contributed by atoms with van der Waals surface area (Å²) in [4.78, 5) is 28.3. The fraction of sp³-hybridized carbons (Fsp3) is 0.389. The number of aryl methyl sites for hydroxylation is 1. The van der Waals surface area contributed by atoms with Crippen molar-refractivity contribution in [2.24, 2.45) is 0 Å². The van der Waals surface area contributed by atoms with E-state index < -0.39 is 0 Å². The van der Waals surface area contributed by atoms with Crippen LogP contribution in [0.2, 0.25) is 0 Å². The van der Waals surface area contributed by atoms with Gasteiger partial charge in [0.1, 0.15) is 0 Å². The third kappa shape index (κ3) is 5.76. The topological polar surface area (TPSA) is 59.1 Å². The van der Waals surface area contributed by atoms with Gasteiger partial charge in [-0.3, -0.25) is 9.59 Å². The van der Waals surface area contributed by atoms with Gasteiger partial charge < -0.3 is 5.32 Å². The molecule has 1 amide bonds. The van der Waals surface area contributed by atoms with Crippen molar-refractivity contribution in [2.75, 3.05) is 12.3 Å². The van der Waals surface area contributed by atoms with Crippen LogP contribution in [0.3, 0.4) is 0 Å². The van der Waals surface area contributed by atoms with Crippen LogP contribution in [0.1, 0.15) is 41.9 Å². The second-order valence-corrected chi connectivity index (χ2v) is 7.47. The van der Waals surface area contributed by atoms with E-state index in [9.17, 15) is 9.59 Å². The summed E-state index contributed by atoms with van der Waals surface area (Å²) in [6.07, 6.45) is 2.19. The predicted molar refractivity (Wildman–Crippen MR) is 100.0 cm³/mol. The third-order valence-electron chi connectivity index (χ3n) is 3.46. The van der Waals surface area contributed by atoms with Crippen molar-refractivity contribution in [2.45, 2.75) is 37.4 Å². The van der Waals surface area contributed by atoms with Crippen molar-refractivity contribution in [3.63, 3.8) is 0 Å². The van der Waals surface area contributed by atoms with Gasteiger partial charge in [0.25, 0.3) is 0 Å². The van der Waals surface area contributed by atoms with Crippen LogP contribution in [0, 0.1) is 0 Å². The van der Waals surface area contributed by atoms with E-state index in [1.165, 1.54) is 28.7 Å². The van der Waals surface area contributed by atoms with Crippen LogP contribution in [0.25, 0.3) is 0 Å². The molecule has 1 N–H and O–H groups in total. The van der Waals surface area contributed by atoms with Gasteiger partial charge in [-0.25, -0.2) is 4.98 Å². The van der Waals surface area contributed by atoms with E-state index in [-0.39, 0.29) is 11.7 Å². The molecule has 0 spiro atoms. The molecule has 2 aromatic rings. The number of thioether (sulfide) groups is 1. The lowest BCUT2D eigenvalue weighted by Crippen LogP contribution is -2.25. The third-order valence-corrected chi connectivity index (χ3v) is 5.53. The summed E-state index contributed by atoms with van der Waals surface area (Å²) in [6.45, 7) is 4.80. The van der Waals surface area contributed by atoms with Crippen LogP contribution in [0.5, 0.6) is 0 Å². The Balaban J connectivity index is 1.83. The van der Waals surface area contributed by atoms with E-state index in [0.29, 0.717) is 18.7 Å². The minimum atomic E-state index is -0.00853. The largest absolute Gasteiger partial charge is 0.356 e. The molecule has 24 heavy (non-hydrogen) atoms. The molecule has 0 bridgehead atoms. The van der Waals surface area contributed by atoms with Crippen LogP contribution in [0.4, 0.5) is 0 Å². The van der Waals surface area contributed by atoms with Crippen molar-refractivity contribution >= 4 is 34.8 Å². The lowest BCUT2D eigenvalue weighted by molar-refractivity contribution is -0.120. The van der Waals surface area contributed by atoms with Gasteiger partial charge in [-0.15, -0.1) is 11.3 Å². The number of Topliss-reactive ketones (excluding diaryl/α,β-unsaturated/α-hetero) is 1. The molecule has 0 saturated carbocycles. The Kier molecular flexibility index (Phi) is 7.46. The minimum Gasteiger partial charge on any atom is -0.356 e. The number of nitrogens with one attached hydrogen (secondary N) is 1. The summed E-state index contributed by atoms with van der Waals surface area (Å²) in [5.74, 6) is 0.450. The first kappa shape index (κ1) is 18.7. The molecule has 128 valence electrons. The normalized spacial score (nSPS) is 10.6. The van der Waals surface area contributed by atoms with E-state index >= 15 is 0 Å². The maximum atomic E-state index is 12.2. The number of hydrogen-bond donors (Lipinski definition) is 1. The number of rotatable bonds is 9. The summed E-state index contributed by atoms with van der Waals surface area (Å²) in [5, 5.41) is 4.72. The van der Waals surface area contributed by atoms with Gasteiger partial charge in [0.2, 0.25) is 5.91 Å². The van der Waals surface area contributed by atoms with Crippen molar-refractivity contribution in [1.82, 2.24) is 10.3 Å². The van der Waals surface area contributed by atoms with Crippen LogP contribution in [-0.4, -0.2) is 29.0 Å². The first-order chi connectivity index (χ1) is 11.6. The molecule has 1 aromatic heterocycles. The molecule has 4 nitrogen and oxygen atoms in total. The Morgan fingerprint density at radius 2 is 1.96 bits per heavy atom. The number of nitrogens with zero attached hydrogens (tertiary/aromatic N) is 1. The molecule has 0 atom stereocenters. The summed E-state index contributed by atoms with van der Waals surface area (Å²) in [5.41, 5.74) is 2.72. The Bertz CT molecular complexity index is 681. The van der Waals surface area contributed by atoms with Gasteiger partial charge in [0.15, 0.2) is 10.1 Å². The molecule has 0 saturated heterocycles. The summed E-state index contributed by atoms with van der Waals surface area (Å²) < 4.78 is 0.826. The van der Waals surface area contributed by atoms with Crippen LogP contribution in [0.15, 0.2) is 34.0 Å². The second-order valence-electron chi connectivity index (χ2n) is 5.39. The lowest BCUT2D eigenvalue weighted by atomic mass is 10.1. The van der Waals surface area contributed by atoms with E-state index in [1.807, 2.05) is 36.6 Å². The highest BCUT2D eigenvalue weighted by Crippen LogP contribution is 2.24. The van der Waals surface area contributed by atoms with Crippen molar-refractivity contribution in [1.29, 1.82) is 0 Å².